The lowest BCUT2D eigenvalue weighted by Crippen LogP contribution is -2.41. The molecule has 150 valence electrons. The molecule has 2 aliphatic heterocycles. The van der Waals surface area contributed by atoms with E-state index in [0.29, 0.717) is 22.9 Å². The smallest absolute Gasteiger partial charge is 0.326 e. The van der Waals surface area contributed by atoms with Gasteiger partial charge in [0.1, 0.15) is 6.54 Å². The van der Waals surface area contributed by atoms with E-state index in [0.717, 1.165) is 4.90 Å². The van der Waals surface area contributed by atoms with E-state index in [9.17, 15) is 14.4 Å². The maximum atomic E-state index is 12.4. The number of hydrogen-bond acceptors (Lipinski definition) is 7. The van der Waals surface area contributed by atoms with Crippen molar-refractivity contribution in [3.05, 3.63) is 42.5 Å². The number of carbonyl (C=O) groups is 3. The maximum Gasteiger partial charge on any atom is 0.326 e. The summed E-state index contributed by atoms with van der Waals surface area (Å²) in [7, 11) is 0. The van der Waals surface area contributed by atoms with Crippen molar-refractivity contribution < 1.29 is 28.6 Å². The molecule has 29 heavy (non-hydrogen) atoms. The molecule has 2 amide bonds. The van der Waals surface area contributed by atoms with Crippen LogP contribution in [0.3, 0.4) is 0 Å². The monoisotopic (exact) mass is 414 g/mol. The summed E-state index contributed by atoms with van der Waals surface area (Å²) in [6.45, 7) is 1.36. The average molecular weight is 414 g/mol. The number of benzene rings is 2. The van der Waals surface area contributed by atoms with Gasteiger partial charge in [0.2, 0.25) is 12.7 Å². The number of amides is 2. The Morgan fingerprint density at radius 3 is 2.86 bits per heavy atom. The average Bonchev–Trinajstić information content (AvgIpc) is 3.18. The molecular formula is C20H18N2O6S. The highest BCUT2D eigenvalue weighted by Gasteiger charge is 2.28. The van der Waals surface area contributed by atoms with Gasteiger partial charge in [-0.1, -0.05) is 12.1 Å². The summed E-state index contributed by atoms with van der Waals surface area (Å²) in [6.07, 6.45) is -1.03. The van der Waals surface area contributed by atoms with Crippen LogP contribution >= 0.6 is 11.8 Å². The van der Waals surface area contributed by atoms with Gasteiger partial charge in [0, 0.05) is 16.6 Å². The predicted molar refractivity (Wildman–Crippen MR) is 106 cm³/mol. The predicted octanol–water partition coefficient (Wildman–Crippen LogP) is 2.42. The summed E-state index contributed by atoms with van der Waals surface area (Å²) in [5.41, 5.74) is 1.17. The topological polar surface area (TPSA) is 94.2 Å². The number of nitrogens with one attached hydrogen (secondary N) is 1. The number of rotatable bonds is 5. The quantitative estimate of drug-likeness (QED) is 0.751. The van der Waals surface area contributed by atoms with Crippen molar-refractivity contribution in [2.45, 2.75) is 17.9 Å². The Labute approximate surface area is 171 Å². The van der Waals surface area contributed by atoms with Crippen LogP contribution in [-0.4, -0.2) is 43.0 Å². The van der Waals surface area contributed by atoms with Crippen molar-refractivity contribution in [2.75, 3.05) is 29.3 Å². The normalized spacial score (nSPS) is 15.5. The van der Waals surface area contributed by atoms with Crippen molar-refractivity contribution in [2.24, 2.45) is 0 Å². The van der Waals surface area contributed by atoms with Gasteiger partial charge in [-0.05, 0) is 31.2 Å². The molecular weight excluding hydrogens is 396 g/mol. The molecule has 0 saturated heterocycles. The molecule has 0 fully saturated rings. The largest absolute Gasteiger partial charge is 0.454 e. The molecule has 2 aliphatic rings. The Morgan fingerprint density at radius 2 is 2.00 bits per heavy atom. The van der Waals surface area contributed by atoms with Crippen LogP contribution in [0.4, 0.5) is 11.4 Å². The van der Waals surface area contributed by atoms with Gasteiger partial charge in [-0.3, -0.25) is 19.3 Å². The second-order valence-electron chi connectivity index (χ2n) is 6.43. The molecule has 1 atom stereocenters. The first-order valence-corrected chi connectivity index (χ1v) is 9.92. The van der Waals surface area contributed by atoms with Gasteiger partial charge < -0.3 is 19.5 Å². The number of hydrogen-bond donors (Lipinski definition) is 1. The van der Waals surface area contributed by atoms with Crippen LogP contribution in [0.15, 0.2) is 47.4 Å². The van der Waals surface area contributed by atoms with Crippen molar-refractivity contribution in [1.82, 2.24) is 0 Å². The standard InChI is InChI=1S/C20H18N2O6S/c1-12(20(25)21-13-6-7-15-16(8-13)27-11-26-15)28-19(24)9-22-14-4-2-3-5-17(14)29-10-18(22)23/h2-8,12H,9-11H2,1H3,(H,21,25)/t12-/m1/s1. The zero-order chi connectivity index (χ0) is 20.4. The summed E-state index contributed by atoms with van der Waals surface area (Å²) < 4.78 is 15.7. The van der Waals surface area contributed by atoms with Crippen molar-refractivity contribution in [1.29, 1.82) is 0 Å². The van der Waals surface area contributed by atoms with Crippen molar-refractivity contribution in [3.8, 4) is 11.5 Å². The Kier molecular flexibility index (Phi) is 5.30. The summed E-state index contributed by atoms with van der Waals surface area (Å²) in [6, 6.07) is 12.3. The van der Waals surface area contributed by atoms with Gasteiger partial charge in [-0.15, -0.1) is 11.8 Å². The zero-order valence-electron chi connectivity index (χ0n) is 15.5. The third kappa shape index (κ3) is 4.14. The molecule has 1 N–H and O–H groups in total. The van der Waals surface area contributed by atoms with Crippen LogP contribution in [0.2, 0.25) is 0 Å². The highest BCUT2D eigenvalue weighted by molar-refractivity contribution is 8.00. The molecule has 0 saturated carbocycles. The zero-order valence-corrected chi connectivity index (χ0v) is 16.4. The first-order chi connectivity index (χ1) is 14.0. The van der Waals surface area contributed by atoms with E-state index in [2.05, 4.69) is 5.32 Å². The second-order valence-corrected chi connectivity index (χ2v) is 7.44. The lowest BCUT2D eigenvalue weighted by Gasteiger charge is -2.28. The summed E-state index contributed by atoms with van der Waals surface area (Å²) in [5, 5.41) is 2.67. The van der Waals surface area contributed by atoms with E-state index >= 15 is 0 Å². The van der Waals surface area contributed by atoms with Crippen LogP contribution in [0.1, 0.15) is 6.92 Å². The second kappa shape index (κ2) is 8.04. The molecule has 2 aromatic carbocycles. The van der Waals surface area contributed by atoms with Gasteiger partial charge in [0.25, 0.3) is 5.91 Å². The van der Waals surface area contributed by atoms with Gasteiger partial charge in [0.05, 0.1) is 11.4 Å². The summed E-state index contributed by atoms with van der Waals surface area (Å²) in [5.74, 6) is 0.0686. The number of ether oxygens (including phenoxy) is 3. The first kappa shape index (κ1) is 19.1. The highest BCUT2D eigenvalue weighted by atomic mass is 32.2. The molecule has 2 aromatic rings. The van der Waals surface area contributed by atoms with E-state index in [4.69, 9.17) is 14.2 Å². The molecule has 9 heteroatoms. The molecule has 0 radical (unpaired) electrons. The molecule has 0 aliphatic carbocycles. The fourth-order valence-corrected chi connectivity index (χ4v) is 3.90. The SMILES string of the molecule is C[C@@H](OC(=O)CN1C(=O)CSc2ccccc21)C(=O)Nc1ccc2c(c1)OCO2. The van der Waals surface area contributed by atoms with E-state index in [1.165, 1.54) is 23.6 Å². The molecule has 0 spiro atoms. The number of esters is 1. The minimum atomic E-state index is -1.03. The molecule has 0 unspecified atom stereocenters. The highest BCUT2D eigenvalue weighted by Crippen LogP contribution is 2.35. The number of fused-ring (bicyclic) bond motifs is 2. The van der Waals surface area contributed by atoms with Crippen LogP contribution in [0.25, 0.3) is 0 Å². The third-order valence-corrected chi connectivity index (χ3v) is 5.46. The van der Waals surface area contributed by atoms with Gasteiger partial charge in [-0.25, -0.2) is 0 Å². The summed E-state index contributed by atoms with van der Waals surface area (Å²) in [4.78, 5) is 39.3. The molecule has 8 nitrogen and oxygen atoms in total. The molecule has 0 aromatic heterocycles. The third-order valence-electron chi connectivity index (χ3n) is 4.41. The van der Waals surface area contributed by atoms with E-state index in [-0.39, 0.29) is 25.0 Å². The fraction of sp³-hybridized carbons (Fsp3) is 0.250. The van der Waals surface area contributed by atoms with E-state index < -0.39 is 18.0 Å². The van der Waals surface area contributed by atoms with Crippen LogP contribution in [-0.2, 0) is 19.1 Å². The molecule has 0 bridgehead atoms. The van der Waals surface area contributed by atoms with Gasteiger partial charge in [0.15, 0.2) is 17.6 Å². The van der Waals surface area contributed by atoms with E-state index in [1.807, 2.05) is 12.1 Å². The van der Waals surface area contributed by atoms with Crippen LogP contribution in [0.5, 0.6) is 11.5 Å². The maximum absolute atomic E-state index is 12.4. The lowest BCUT2D eigenvalue weighted by molar-refractivity contribution is -0.152. The number of thioether (sulfide) groups is 1. The number of nitrogens with zero attached hydrogens (tertiary/aromatic N) is 1. The lowest BCUT2D eigenvalue weighted by atomic mass is 10.2. The van der Waals surface area contributed by atoms with Crippen LogP contribution in [0, 0.1) is 0 Å². The number of anilines is 2. The van der Waals surface area contributed by atoms with E-state index in [1.54, 1.807) is 30.3 Å². The number of carbonyl (C=O) groups excluding carboxylic acids is 3. The summed E-state index contributed by atoms with van der Waals surface area (Å²) >= 11 is 1.43. The van der Waals surface area contributed by atoms with Crippen molar-refractivity contribution in [3.63, 3.8) is 0 Å². The Hall–Kier alpha value is -3.20. The number of para-hydroxylation sites is 1. The molecule has 2 heterocycles. The Balaban J connectivity index is 1.36. The minimum Gasteiger partial charge on any atom is -0.454 e. The first-order valence-electron chi connectivity index (χ1n) is 8.93. The Morgan fingerprint density at radius 1 is 1.21 bits per heavy atom. The fourth-order valence-electron chi connectivity index (χ4n) is 2.96. The molecule has 4 rings (SSSR count). The van der Waals surface area contributed by atoms with Crippen LogP contribution < -0.4 is 19.7 Å². The Bertz CT molecular complexity index is 979. The van der Waals surface area contributed by atoms with Gasteiger partial charge >= 0.3 is 5.97 Å². The van der Waals surface area contributed by atoms with Crippen molar-refractivity contribution >= 4 is 40.9 Å². The van der Waals surface area contributed by atoms with Gasteiger partial charge in [-0.2, -0.15) is 0 Å². The minimum absolute atomic E-state index is 0.137.